The van der Waals surface area contributed by atoms with Crippen molar-refractivity contribution < 1.29 is 13.4 Å². The van der Waals surface area contributed by atoms with Gasteiger partial charge in [0.05, 0.1) is 16.5 Å². The summed E-state index contributed by atoms with van der Waals surface area (Å²) in [4.78, 5) is 14.5. The molecule has 21 heavy (non-hydrogen) atoms. The van der Waals surface area contributed by atoms with Crippen LogP contribution in [-0.2, 0) is 15.6 Å². The maximum Gasteiger partial charge on any atom is 0.238 e. The van der Waals surface area contributed by atoms with Crippen LogP contribution in [0.15, 0.2) is 23.1 Å². The van der Waals surface area contributed by atoms with Gasteiger partial charge in [-0.3, -0.25) is 9.00 Å². The van der Waals surface area contributed by atoms with Crippen molar-refractivity contribution in [2.24, 2.45) is 0 Å². The summed E-state index contributed by atoms with van der Waals surface area (Å²) in [6.07, 6.45) is 4.23. The molecule has 4 nitrogen and oxygen atoms in total. The molecule has 0 bridgehead atoms. The second kappa shape index (κ2) is 7.02. The summed E-state index contributed by atoms with van der Waals surface area (Å²) in [6, 6.07) is 4.05. The van der Waals surface area contributed by atoms with E-state index in [0.717, 1.165) is 44.8 Å². The van der Waals surface area contributed by atoms with Crippen molar-refractivity contribution in [3.05, 3.63) is 24.0 Å². The number of amides is 1. The molecule has 2 unspecified atom stereocenters. The summed E-state index contributed by atoms with van der Waals surface area (Å²) in [6.45, 7) is 3.07. The van der Waals surface area contributed by atoms with Gasteiger partial charge in [0.1, 0.15) is 11.1 Å². The molecule has 1 saturated heterocycles. The highest BCUT2D eigenvalue weighted by molar-refractivity contribution is 7.86. The van der Waals surface area contributed by atoms with E-state index in [-0.39, 0.29) is 11.6 Å². The van der Waals surface area contributed by atoms with E-state index in [1.807, 2.05) is 0 Å². The Labute approximate surface area is 127 Å². The molecule has 6 heteroatoms. The number of hydrogen-bond donors (Lipinski definition) is 1. The van der Waals surface area contributed by atoms with Crippen molar-refractivity contribution in [2.75, 3.05) is 18.8 Å². The van der Waals surface area contributed by atoms with E-state index in [2.05, 4.69) is 0 Å². The number of likely N-dealkylation sites (tertiary alicyclic amines) is 1. The van der Waals surface area contributed by atoms with E-state index in [1.165, 1.54) is 12.1 Å². The molecule has 1 amide bonds. The highest BCUT2D eigenvalue weighted by Crippen LogP contribution is 2.19. The average molecular weight is 312 g/mol. The van der Waals surface area contributed by atoms with Gasteiger partial charge in [0.2, 0.25) is 5.91 Å². The van der Waals surface area contributed by atoms with E-state index in [1.54, 1.807) is 11.8 Å². The predicted molar refractivity (Wildman–Crippen MR) is 81.7 cm³/mol. The Bertz CT molecular complexity index is 542. The summed E-state index contributed by atoms with van der Waals surface area (Å²) in [5.74, 6) is -0.720. The Hall–Kier alpha value is -1.43. The van der Waals surface area contributed by atoms with Gasteiger partial charge in [0.15, 0.2) is 0 Å². The number of carbonyl (C=O) groups excluding carboxylic acids is 1. The molecule has 2 N–H and O–H groups in total. The van der Waals surface area contributed by atoms with Crippen LogP contribution in [0.5, 0.6) is 0 Å². The van der Waals surface area contributed by atoms with Crippen LogP contribution in [-0.4, -0.2) is 33.4 Å². The number of benzene rings is 1. The van der Waals surface area contributed by atoms with Gasteiger partial charge in [-0.1, -0.05) is 12.8 Å². The van der Waals surface area contributed by atoms with Crippen molar-refractivity contribution in [3.8, 4) is 0 Å². The molecule has 0 aliphatic carbocycles. The fourth-order valence-corrected chi connectivity index (χ4v) is 3.64. The Balaban J connectivity index is 2.10. The third-order valence-electron chi connectivity index (χ3n) is 3.79. The largest absolute Gasteiger partial charge is 0.396 e. The van der Waals surface area contributed by atoms with E-state index < -0.39 is 21.9 Å². The van der Waals surface area contributed by atoms with E-state index >= 15 is 0 Å². The molecule has 1 fully saturated rings. The minimum Gasteiger partial charge on any atom is -0.396 e. The first-order chi connectivity index (χ1) is 10.0. The van der Waals surface area contributed by atoms with Crippen molar-refractivity contribution in [2.45, 2.75) is 42.8 Å². The zero-order chi connectivity index (χ0) is 15.4. The lowest BCUT2D eigenvalue weighted by Gasteiger charge is -2.23. The molecule has 0 spiro atoms. The first-order valence-electron chi connectivity index (χ1n) is 7.25. The summed E-state index contributed by atoms with van der Waals surface area (Å²) in [5, 5.41) is -0.675. The van der Waals surface area contributed by atoms with Gasteiger partial charge >= 0.3 is 0 Å². The molecular weight excluding hydrogens is 291 g/mol. The summed E-state index contributed by atoms with van der Waals surface area (Å²) in [7, 11) is -1.57. The van der Waals surface area contributed by atoms with Crippen molar-refractivity contribution in [1.82, 2.24) is 4.90 Å². The maximum absolute atomic E-state index is 13.5. The van der Waals surface area contributed by atoms with E-state index in [0.29, 0.717) is 4.90 Å². The van der Waals surface area contributed by atoms with Gasteiger partial charge in [-0.05, 0) is 38.0 Å². The third kappa shape index (κ3) is 3.81. The van der Waals surface area contributed by atoms with E-state index in [4.69, 9.17) is 5.73 Å². The second-order valence-corrected chi connectivity index (χ2v) is 7.14. The van der Waals surface area contributed by atoms with Crippen LogP contribution in [0.3, 0.4) is 0 Å². The number of nitrogens with zero attached hydrogens (tertiary/aromatic N) is 1. The zero-order valence-electron chi connectivity index (χ0n) is 12.2. The zero-order valence-corrected chi connectivity index (χ0v) is 13.0. The number of carbonyl (C=O) groups is 1. The van der Waals surface area contributed by atoms with Crippen LogP contribution in [0, 0.1) is 5.82 Å². The molecule has 2 atom stereocenters. The number of halogens is 1. The van der Waals surface area contributed by atoms with Gasteiger partial charge in [-0.2, -0.15) is 0 Å². The Morgan fingerprint density at radius 2 is 1.90 bits per heavy atom. The number of hydrogen-bond acceptors (Lipinski definition) is 3. The SMILES string of the molecule is CC(C(=O)N1CCCCCC1)S(=O)c1ccc(N)c(F)c1. The Morgan fingerprint density at radius 3 is 2.48 bits per heavy atom. The van der Waals surface area contributed by atoms with Crippen molar-refractivity contribution in [3.63, 3.8) is 0 Å². The lowest BCUT2D eigenvalue weighted by molar-refractivity contribution is -0.130. The van der Waals surface area contributed by atoms with Crippen LogP contribution < -0.4 is 5.73 Å². The van der Waals surface area contributed by atoms with Crippen molar-refractivity contribution >= 4 is 22.4 Å². The molecule has 116 valence electrons. The predicted octanol–water partition coefficient (Wildman–Crippen LogP) is 2.31. The van der Waals surface area contributed by atoms with Gasteiger partial charge in [0.25, 0.3) is 0 Å². The first-order valence-corrected chi connectivity index (χ1v) is 8.46. The smallest absolute Gasteiger partial charge is 0.238 e. The topological polar surface area (TPSA) is 63.4 Å². The molecule has 1 aromatic rings. The minimum absolute atomic E-state index is 0.0160. The van der Waals surface area contributed by atoms with Gasteiger partial charge < -0.3 is 10.6 Å². The summed E-state index contributed by atoms with van der Waals surface area (Å²) in [5.41, 5.74) is 5.43. The quantitative estimate of drug-likeness (QED) is 0.871. The number of anilines is 1. The lowest BCUT2D eigenvalue weighted by atomic mass is 10.2. The Kier molecular flexibility index (Phi) is 5.33. The van der Waals surface area contributed by atoms with Gasteiger partial charge in [-0.15, -0.1) is 0 Å². The molecule has 1 aliphatic heterocycles. The molecule has 1 aliphatic rings. The molecule has 0 aromatic heterocycles. The number of rotatable bonds is 3. The van der Waals surface area contributed by atoms with Crippen LogP contribution in [0.2, 0.25) is 0 Å². The van der Waals surface area contributed by atoms with Crippen LogP contribution in [0.4, 0.5) is 10.1 Å². The minimum atomic E-state index is -1.57. The van der Waals surface area contributed by atoms with Crippen LogP contribution >= 0.6 is 0 Å². The van der Waals surface area contributed by atoms with E-state index in [9.17, 15) is 13.4 Å². The fourth-order valence-electron chi connectivity index (χ4n) is 2.48. The Morgan fingerprint density at radius 1 is 1.29 bits per heavy atom. The number of nitrogen functional groups attached to an aromatic ring is 1. The molecule has 1 heterocycles. The van der Waals surface area contributed by atoms with Gasteiger partial charge in [0, 0.05) is 18.0 Å². The summed E-state index contributed by atoms with van der Waals surface area (Å²) < 4.78 is 25.9. The molecule has 1 aromatic carbocycles. The third-order valence-corrected chi connectivity index (χ3v) is 5.35. The van der Waals surface area contributed by atoms with Crippen LogP contribution in [0.25, 0.3) is 0 Å². The summed E-state index contributed by atoms with van der Waals surface area (Å²) >= 11 is 0. The highest BCUT2D eigenvalue weighted by Gasteiger charge is 2.27. The average Bonchev–Trinajstić information content (AvgIpc) is 2.77. The molecule has 2 rings (SSSR count). The molecule has 0 radical (unpaired) electrons. The monoisotopic (exact) mass is 312 g/mol. The second-order valence-electron chi connectivity index (χ2n) is 5.36. The maximum atomic E-state index is 13.5. The fraction of sp³-hybridized carbons (Fsp3) is 0.533. The molecule has 0 saturated carbocycles. The number of nitrogens with two attached hydrogens (primary N) is 1. The lowest BCUT2D eigenvalue weighted by Crippen LogP contribution is -2.40. The normalized spacial score (nSPS) is 18.9. The van der Waals surface area contributed by atoms with Crippen LogP contribution in [0.1, 0.15) is 32.6 Å². The first kappa shape index (κ1) is 15.9. The van der Waals surface area contributed by atoms with Gasteiger partial charge in [-0.25, -0.2) is 4.39 Å². The molecular formula is C15H21FN2O2S. The standard InChI is InChI=1S/C15H21FN2O2S/c1-11(15(19)18-8-4-2-3-5-9-18)21(20)12-6-7-14(17)13(16)10-12/h6-7,10-11H,2-5,8-9,17H2,1H3. The highest BCUT2D eigenvalue weighted by atomic mass is 32.2. The van der Waals surface area contributed by atoms with Crippen molar-refractivity contribution in [1.29, 1.82) is 0 Å².